The van der Waals surface area contributed by atoms with Crippen LogP contribution >= 0.6 is 67.8 Å². The minimum Gasteiger partial charge on any atom is -0.743 e. The molecule has 0 radical (unpaired) electrons. The van der Waals surface area contributed by atoms with Crippen LogP contribution < -0.4 is 4.74 Å². The van der Waals surface area contributed by atoms with E-state index in [4.69, 9.17) is 4.74 Å². The van der Waals surface area contributed by atoms with E-state index in [-0.39, 0.29) is 16.7 Å². The molecule has 0 saturated carbocycles. The van der Waals surface area contributed by atoms with Crippen molar-refractivity contribution in [3.8, 4) is 5.75 Å². The Kier molecular flexibility index (Phi) is 8.17. The molecular weight excluding hydrogens is 803 g/mol. The van der Waals surface area contributed by atoms with Crippen molar-refractivity contribution in [2.75, 3.05) is 6.61 Å². The third kappa shape index (κ3) is 5.91. The van der Waals surface area contributed by atoms with Gasteiger partial charge in [0.2, 0.25) is 0 Å². The summed E-state index contributed by atoms with van der Waals surface area (Å²) in [5.41, 5.74) is 0.170. The standard InChI is InChI=1S/C20H11F2I3O7S/c21-20(22,33(28,29)30)9-31-18(26)13-5-1-4-12-11(13)3-2-6-16(12)32-19(27)14-7-10(23)8-15(24)17(14)25/h1-8H,9H2,(H,28,29,30)/p-1. The molecule has 0 aliphatic heterocycles. The normalized spacial score (nSPS) is 11.9. The van der Waals surface area contributed by atoms with Gasteiger partial charge >= 0.3 is 17.2 Å². The van der Waals surface area contributed by atoms with Crippen LogP contribution in [-0.2, 0) is 14.9 Å². The van der Waals surface area contributed by atoms with Gasteiger partial charge in [-0.1, -0.05) is 24.3 Å². The van der Waals surface area contributed by atoms with Crippen molar-refractivity contribution in [3.05, 3.63) is 70.4 Å². The zero-order chi connectivity index (χ0) is 24.6. The van der Waals surface area contributed by atoms with Gasteiger partial charge < -0.3 is 14.0 Å². The molecule has 174 valence electrons. The molecule has 0 bridgehead atoms. The van der Waals surface area contributed by atoms with Crippen molar-refractivity contribution in [2.45, 2.75) is 5.25 Å². The van der Waals surface area contributed by atoms with E-state index < -0.39 is 33.9 Å². The van der Waals surface area contributed by atoms with Crippen molar-refractivity contribution >= 4 is 101 Å². The molecule has 0 amide bonds. The predicted molar refractivity (Wildman–Crippen MR) is 138 cm³/mol. The molecule has 0 aromatic heterocycles. The second kappa shape index (κ2) is 10.2. The minimum atomic E-state index is -6.00. The van der Waals surface area contributed by atoms with Gasteiger partial charge in [0, 0.05) is 16.1 Å². The zero-order valence-corrected chi connectivity index (χ0v) is 23.3. The molecule has 0 atom stereocenters. The second-order valence-electron chi connectivity index (χ2n) is 6.46. The zero-order valence-electron chi connectivity index (χ0n) is 16.0. The number of carbonyl (C=O) groups is 2. The molecule has 0 saturated heterocycles. The first kappa shape index (κ1) is 26.4. The number of rotatable bonds is 6. The highest BCUT2D eigenvalue weighted by Gasteiger charge is 2.39. The highest BCUT2D eigenvalue weighted by Crippen LogP contribution is 2.31. The average Bonchev–Trinajstić information content (AvgIpc) is 2.73. The summed E-state index contributed by atoms with van der Waals surface area (Å²) in [7, 11) is -6.00. The molecule has 0 aliphatic carbocycles. The van der Waals surface area contributed by atoms with Crippen LogP contribution in [-0.4, -0.2) is 36.8 Å². The lowest BCUT2D eigenvalue weighted by molar-refractivity contribution is -0.00984. The minimum absolute atomic E-state index is 0.115. The van der Waals surface area contributed by atoms with Crippen LogP contribution in [0.15, 0.2) is 48.5 Å². The fourth-order valence-corrected chi connectivity index (χ4v) is 5.29. The fraction of sp³-hybridized carbons (Fsp3) is 0.100. The number of benzene rings is 3. The number of halogens is 5. The first-order valence-electron chi connectivity index (χ1n) is 8.70. The first-order valence-corrected chi connectivity index (χ1v) is 13.3. The van der Waals surface area contributed by atoms with Crippen molar-refractivity contribution in [1.82, 2.24) is 0 Å². The maximum absolute atomic E-state index is 13.3. The number of ether oxygens (including phenoxy) is 2. The Bertz CT molecular complexity index is 1380. The Morgan fingerprint density at radius 1 is 0.939 bits per heavy atom. The van der Waals surface area contributed by atoms with Gasteiger partial charge in [0.15, 0.2) is 16.7 Å². The van der Waals surface area contributed by atoms with Gasteiger partial charge in [0.25, 0.3) is 0 Å². The number of esters is 2. The molecule has 3 aromatic rings. The number of hydrogen-bond donors (Lipinski definition) is 0. The highest BCUT2D eigenvalue weighted by molar-refractivity contribution is 14.1. The summed E-state index contributed by atoms with van der Waals surface area (Å²) in [6.07, 6.45) is 0. The van der Waals surface area contributed by atoms with Crippen molar-refractivity contribution in [1.29, 1.82) is 0 Å². The van der Waals surface area contributed by atoms with Gasteiger partial charge in [-0.3, -0.25) is 0 Å². The van der Waals surface area contributed by atoms with Gasteiger partial charge in [-0.15, -0.1) is 0 Å². The lowest BCUT2D eigenvalue weighted by Gasteiger charge is -2.19. The van der Waals surface area contributed by atoms with E-state index in [2.05, 4.69) is 49.9 Å². The molecule has 0 unspecified atom stereocenters. The molecule has 0 spiro atoms. The van der Waals surface area contributed by atoms with Crippen molar-refractivity contribution < 1.29 is 40.8 Å². The Morgan fingerprint density at radius 3 is 2.24 bits per heavy atom. The van der Waals surface area contributed by atoms with Crippen LogP contribution in [0.5, 0.6) is 5.75 Å². The smallest absolute Gasteiger partial charge is 0.367 e. The maximum Gasteiger partial charge on any atom is 0.367 e. The Hall–Kier alpha value is -1.18. The summed E-state index contributed by atoms with van der Waals surface area (Å²) in [5.74, 6) is -1.78. The molecule has 3 rings (SSSR count). The van der Waals surface area contributed by atoms with Crippen molar-refractivity contribution in [3.63, 3.8) is 0 Å². The predicted octanol–water partition coefficient (Wildman–Crippen LogP) is 5.17. The number of fused-ring (bicyclic) bond motifs is 1. The van der Waals surface area contributed by atoms with E-state index in [1.165, 1.54) is 30.3 Å². The molecule has 0 N–H and O–H groups in total. The van der Waals surface area contributed by atoms with Gasteiger partial charge in [-0.05, 0) is 97.4 Å². The van der Waals surface area contributed by atoms with Crippen LogP contribution in [0.2, 0.25) is 0 Å². The topological polar surface area (TPSA) is 110 Å². The summed E-state index contributed by atoms with van der Waals surface area (Å²) in [6, 6.07) is 12.3. The van der Waals surface area contributed by atoms with Crippen LogP contribution in [0.25, 0.3) is 10.8 Å². The summed E-state index contributed by atoms with van der Waals surface area (Å²) < 4.78 is 70.8. The third-order valence-electron chi connectivity index (χ3n) is 4.25. The van der Waals surface area contributed by atoms with Gasteiger partial charge in [-0.25, -0.2) is 18.0 Å². The molecule has 0 heterocycles. The summed E-state index contributed by atoms with van der Waals surface area (Å²) in [6.45, 7) is -1.92. The van der Waals surface area contributed by atoms with E-state index in [9.17, 15) is 31.3 Å². The van der Waals surface area contributed by atoms with E-state index in [0.29, 0.717) is 14.5 Å². The molecule has 7 nitrogen and oxygen atoms in total. The third-order valence-corrected chi connectivity index (χ3v) is 8.77. The summed E-state index contributed by atoms with van der Waals surface area (Å²) in [4.78, 5) is 25.2. The largest absolute Gasteiger partial charge is 0.743 e. The van der Waals surface area contributed by atoms with Crippen LogP contribution in [0.1, 0.15) is 20.7 Å². The number of carbonyl (C=O) groups excluding carboxylic acids is 2. The number of hydrogen-bond acceptors (Lipinski definition) is 7. The lowest BCUT2D eigenvalue weighted by Crippen LogP contribution is -2.34. The van der Waals surface area contributed by atoms with Crippen LogP contribution in [0.4, 0.5) is 8.78 Å². The highest BCUT2D eigenvalue weighted by atomic mass is 127. The van der Waals surface area contributed by atoms with E-state index >= 15 is 0 Å². The monoisotopic (exact) mass is 813 g/mol. The van der Waals surface area contributed by atoms with Crippen LogP contribution in [0.3, 0.4) is 0 Å². The maximum atomic E-state index is 13.3. The first-order chi connectivity index (χ1) is 15.3. The molecule has 0 fully saturated rings. The quantitative estimate of drug-likeness (QED) is 0.111. The van der Waals surface area contributed by atoms with Gasteiger partial charge in [0.1, 0.15) is 5.75 Å². The lowest BCUT2D eigenvalue weighted by atomic mass is 10.0. The molecule has 13 heteroatoms. The van der Waals surface area contributed by atoms with Gasteiger partial charge in [-0.2, -0.15) is 8.78 Å². The van der Waals surface area contributed by atoms with E-state index in [1.54, 1.807) is 12.1 Å². The van der Waals surface area contributed by atoms with Crippen molar-refractivity contribution in [2.24, 2.45) is 0 Å². The van der Waals surface area contributed by atoms with Gasteiger partial charge in [0.05, 0.1) is 11.1 Å². The summed E-state index contributed by atoms with van der Waals surface area (Å²) >= 11 is 6.21. The summed E-state index contributed by atoms with van der Waals surface area (Å²) in [5, 5.41) is -4.23. The number of alkyl halides is 2. The second-order valence-corrected chi connectivity index (χ2v) is 11.5. The molecule has 3 aromatic carbocycles. The molecular formula is C20H10F2I3O7S-. The Balaban J connectivity index is 1.93. The van der Waals surface area contributed by atoms with Crippen LogP contribution in [0, 0.1) is 10.7 Å². The fourth-order valence-electron chi connectivity index (χ4n) is 2.71. The average molecular weight is 813 g/mol. The molecule has 33 heavy (non-hydrogen) atoms. The van der Waals surface area contributed by atoms with E-state index in [1.807, 2.05) is 28.7 Å². The Morgan fingerprint density at radius 2 is 1.58 bits per heavy atom. The Labute approximate surface area is 227 Å². The SMILES string of the molecule is O=C(Oc1cccc2c(C(=O)OCC(F)(F)S(=O)(=O)[O-])cccc12)c1cc(I)cc(I)c1I. The molecule has 0 aliphatic rings. The van der Waals surface area contributed by atoms with E-state index in [0.717, 1.165) is 7.14 Å².